The number of aromatic nitrogens is 1. The molecule has 3 rings (SSSR count). The maximum absolute atomic E-state index is 11.5. The average molecular weight is 230 g/mol. The van der Waals surface area contributed by atoms with Crippen molar-refractivity contribution in [3.63, 3.8) is 0 Å². The van der Waals surface area contributed by atoms with Crippen molar-refractivity contribution in [2.45, 2.75) is 13.3 Å². The molecule has 0 spiro atoms. The molecule has 0 aliphatic carbocycles. The van der Waals surface area contributed by atoms with Gasteiger partial charge in [-0.15, -0.1) is 0 Å². The van der Waals surface area contributed by atoms with E-state index in [1.807, 2.05) is 18.2 Å². The minimum atomic E-state index is 0.0854. The maximum Gasteiger partial charge on any atom is 0.224 e. The van der Waals surface area contributed by atoms with Crippen molar-refractivity contribution >= 4 is 22.6 Å². The number of hydrogen-bond donors (Lipinski definition) is 1. The number of fused-ring (bicyclic) bond motifs is 3. The first-order valence-electron chi connectivity index (χ1n) is 5.67. The lowest BCUT2D eigenvalue weighted by Crippen LogP contribution is -2.26. The van der Waals surface area contributed by atoms with Gasteiger partial charge in [-0.2, -0.15) is 0 Å². The largest absolute Gasteiger partial charge is 0.497 e. The number of carbonyl (C=O) groups excluding carboxylic acids is 1. The number of ether oxygens (including phenoxy) is 1. The van der Waals surface area contributed by atoms with Crippen LogP contribution in [0.5, 0.6) is 5.75 Å². The third kappa shape index (κ3) is 1.40. The van der Waals surface area contributed by atoms with Crippen molar-refractivity contribution < 1.29 is 9.53 Å². The second-order valence-corrected chi connectivity index (χ2v) is 4.28. The summed E-state index contributed by atoms with van der Waals surface area (Å²) < 4.78 is 5.23. The van der Waals surface area contributed by atoms with Crippen LogP contribution in [0.2, 0.25) is 0 Å². The van der Waals surface area contributed by atoms with Crippen LogP contribution in [0, 0.1) is 0 Å². The van der Waals surface area contributed by atoms with Crippen molar-refractivity contribution in [1.82, 2.24) is 4.98 Å². The van der Waals surface area contributed by atoms with Gasteiger partial charge in [0.2, 0.25) is 5.91 Å². The molecule has 1 N–H and O–H groups in total. The zero-order chi connectivity index (χ0) is 12.0. The van der Waals surface area contributed by atoms with Gasteiger partial charge in [-0.3, -0.25) is 9.69 Å². The van der Waals surface area contributed by atoms with Gasteiger partial charge in [0.1, 0.15) is 11.6 Å². The molecule has 1 aromatic heterocycles. The molecule has 0 unspecified atom stereocenters. The summed E-state index contributed by atoms with van der Waals surface area (Å²) in [4.78, 5) is 16.6. The molecule has 88 valence electrons. The number of rotatable bonds is 1. The van der Waals surface area contributed by atoms with E-state index in [1.165, 1.54) is 5.56 Å². The van der Waals surface area contributed by atoms with Crippen molar-refractivity contribution in [3.8, 4) is 5.75 Å². The molecule has 2 aromatic rings. The summed E-state index contributed by atoms with van der Waals surface area (Å²) in [6.07, 6.45) is 0.905. The van der Waals surface area contributed by atoms with Crippen LogP contribution < -0.4 is 9.64 Å². The van der Waals surface area contributed by atoms with Gasteiger partial charge < -0.3 is 9.72 Å². The lowest BCUT2D eigenvalue weighted by atomic mass is 10.1. The standard InChI is InChI=1S/C13H14N2O2/c1-8(16)15-6-5-10-11-7-9(17-2)3-4-12(11)14-13(10)15/h3-4,7,14H,5-6H2,1-2H3. The van der Waals surface area contributed by atoms with Crippen molar-refractivity contribution in [1.29, 1.82) is 0 Å². The second kappa shape index (κ2) is 3.52. The van der Waals surface area contributed by atoms with Crippen LogP contribution in [0.1, 0.15) is 12.5 Å². The van der Waals surface area contributed by atoms with Gasteiger partial charge in [0.15, 0.2) is 0 Å². The normalized spacial score (nSPS) is 14.1. The number of benzene rings is 1. The molecule has 2 heterocycles. The number of nitrogens with one attached hydrogen (secondary N) is 1. The predicted octanol–water partition coefficient (Wildman–Crippen LogP) is 2.09. The first kappa shape index (κ1) is 10.2. The smallest absolute Gasteiger partial charge is 0.224 e. The molecule has 0 atom stereocenters. The number of methoxy groups -OCH3 is 1. The van der Waals surface area contributed by atoms with E-state index >= 15 is 0 Å². The highest BCUT2D eigenvalue weighted by Gasteiger charge is 2.26. The first-order chi connectivity index (χ1) is 8.20. The lowest BCUT2D eigenvalue weighted by Gasteiger charge is -2.12. The molecule has 0 bridgehead atoms. The monoisotopic (exact) mass is 230 g/mol. The number of nitrogens with zero attached hydrogens (tertiary/aromatic N) is 1. The van der Waals surface area contributed by atoms with Gasteiger partial charge in [0.25, 0.3) is 0 Å². The van der Waals surface area contributed by atoms with E-state index in [0.29, 0.717) is 0 Å². The molecule has 0 saturated heterocycles. The molecule has 17 heavy (non-hydrogen) atoms. The zero-order valence-electron chi connectivity index (χ0n) is 9.91. The van der Waals surface area contributed by atoms with Gasteiger partial charge in [-0.1, -0.05) is 0 Å². The highest BCUT2D eigenvalue weighted by molar-refractivity contribution is 5.99. The second-order valence-electron chi connectivity index (χ2n) is 4.28. The highest BCUT2D eigenvalue weighted by Crippen LogP contribution is 2.35. The molecule has 1 aliphatic heterocycles. The van der Waals surface area contributed by atoms with Crippen LogP contribution >= 0.6 is 0 Å². The Labute approximate surface area is 99.2 Å². The highest BCUT2D eigenvalue weighted by atomic mass is 16.5. The Morgan fingerprint density at radius 1 is 1.47 bits per heavy atom. The Bertz CT molecular complexity index is 601. The SMILES string of the molecule is COc1ccc2[nH]c3c(c2c1)CCN3C(C)=O. The van der Waals surface area contributed by atoms with E-state index in [2.05, 4.69) is 4.98 Å². The minimum Gasteiger partial charge on any atom is -0.497 e. The van der Waals surface area contributed by atoms with Crippen LogP contribution in [0.3, 0.4) is 0 Å². The van der Waals surface area contributed by atoms with E-state index in [-0.39, 0.29) is 5.91 Å². The quantitative estimate of drug-likeness (QED) is 0.815. The van der Waals surface area contributed by atoms with Crippen LogP contribution in [0.4, 0.5) is 5.82 Å². The summed E-state index contributed by atoms with van der Waals surface area (Å²) in [5.41, 5.74) is 2.27. The molecule has 1 aromatic carbocycles. The van der Waals surface area contributed by atoms with E-state index < -0.39 is 0 Å². The number of hydrogen-bond acceptors (Lipinski definition) is 2. The number of anilines is 1. The van der Waals surface area contributed by atoms with Gasteiger partial charge in [-0.25, -0.2) is 0 Å². The maximum atomic E-state index is 11.5. The Kier molecular flexibility index (Phi) is 2.11. The molecule has 4 nitrogen and oxygen atoms in total. The van der Waals surface area contributed by atoms with Crippen molar-refractivity contribution in [2.75, 3.05) is 18.6 Å². The van der Waals surface area contributed by atoms with Crippen LogP contribution in [0.25, 0.3) is 10.9 Å². The average Bonchev–Trinajstić information content (AvgIpc) is 2.86. The van der Waals surface area contributed by atoms with Crippen molar-refractivity contribution in [3.05, 3.63) is 23.8 Å². The van der Waals surface area contributed by atoms with Crippen LogP contribution in [-0.2, 0) is 11.2 Å². The van der Waals surface area contributed by atoms with Gasteiger partial charge >= 0.3 is 0 Å². The Morgan fingerprint density at radius 3 is 3.00 bits per heavy atom. The topological polar surface area (TPSA) is 45.3 Å². The lowest BCUT2D eigenvalue weighted by molar-refractivity contribution is -0.116. The predicted molar refractivity (Wildman–Crippen MR) is 66.6 cm³/mol. The number of aromatic amines is 1. The van der Waals surface area contributed by atoms with E-state index in [9.17, 15) is 4.79 Å². The van der Waals surface area contributed by atoms with E-state index in [0.717, 1.165) is 35.4 Å². The van der Waals surface area contributed by atoms with Crippen molar-refractivity contribution in [2.24, 2.45) is 0 Å². The first-order valence-corrected chi connectivity index (χ1v) is 5.67. The Balaban J connectivity index is 2.20. The fourth-order valence-corrected chi connectivity index (χ4v) is 2.47. The molecule has 0 fully saturated rings. The van der Waals surface area contributed by atoms with Crippen LogP contribution in [0.15, 0.2) is 18.2 Å². The number of H-pyrrole nitrogens is 1. The van der Waals surface area contributed by atoms with Gasteiger partial charge in [-0.05, 0) is 24.6 Å². The summed E-state index contributed by atoms with van der Waals surface area (Å²) in [5, 5.41) is 1.16. The summed E-state index contributed by atoms with van der Waals surface area (Å²) in [7, 11) is 1.66. The van der Waals surface area contributed by atoms with Crippen LogP contribution in [-0.4, -0.2) is 24.5 Å². The van der Waals surface area contributed by atoms with Gasteiger partial charge in [0.05, 0.1) is 7.11 Å². The minimum absolute atomic E-state index is 0.0854. The molecule has 4 heteroatoms. The fourth-order valence-electron chi connectivity index (χ4n) is 2.47. The Morgan fingerprint density at radius 2 is 2.29 bits per heavy atom. The molecular formula is C13H14N2O2. The zero-order valence-corrected chi connectivity index (χ0v) is 9.91. The fraction of sp³-hybridized carbons (Fsp3) is 0.308. The number of carbonyl (C=O) groups is 1. The molecule has 1 amide bonds. The van der Waals surface area contributed by atoms with E-state index in [1.54, 1.807) is 18.9 Å². The summed E-state index contributed by atoms with van der Waals surface area (Å²) in [6, 6.07) is 5.94. The Hall–Kier alpha value is -1.97. The summed E-state index contributed by atoms with van der Waals surface area (Å²) >= 11 is 0. The summed E-state index contributed by atoms with van der Waals surface area (Å²) in [6.45, 7) is 2.37. The van der Waals surface area contributed by atoms with E-state index in [4.69, 9.17) is 4.74 Å². The third-order valence-corrected chi connectivity index (χ3v) is 3.33. The number of amides is 1. The molecule has 0 radical (unpaired) electrons. The molecular weight excluding hydrogens is 216 g/mol. The van der Waals surface area contributed by atoms with Gasteiger partial charge in [0, 0.05) is 29.9 Å². The third-order valence-electron chi connectivity index (χ3n) is 3.33. The molecule has 1 aliphatic rings. The molecule has 0 saturated carbocycles. The summed E-state index contributed by atoms with van der Waals surface area (Å²) in [5.74, 6) is 1.88.